The Morgan fingerprint density at radius 1 is 1.07 bits per heavy atom. The summed E-state index contributed by atoms with van der Waals surface area (Å²) in [4.78, 5) is 22.2. The molecule has 0 atom stereocenters. The number of carbonyl (C=O) groups excluding carboxylic acids is 1. The van der Waals surface area contributed by atoms with Crippen molar-refractivity contribution in [3.05, 3.63) is 54.6 Å². The highest BCUT2D eigenvalue weighted by Crippen LogP contribution is 2.23. The zero-order valence-electron chi connectivity index (χ0n) is 15.9. The SMILES string of the molecule is O=C(Cc1nsc(NS(=O)(=O)c2ccc(-c3ccncc3)cc2)n1)N1CCOCC1. The lowest BCUT2D eigenvalue weighted by Crippen LogP contribution is -2.41. The van der Waals surface area contributed by atoms with Gasteiger partial charge in [0.25, 0.3) is 10.0 Å². The number of anilines is 1. The third kappa shape index (κ3) is 4.81. The lowest BCUT2D eigenvalue weighted by atomic mass is 10.1. The van der Waals surface area contributed by atoms with E-state index in [1.165, 1.54) is 12.1 Å². The fourth-order valence-corrected chi connectivity index (χ4v) is 4.78. The number of ether oxygens (including phenoxy) is 1. The van der Waals surface area contributed by atoms with Crippen LogP contribution >= 0.6 is 11.5 Å². The Balaban J connectivity index is 1.41. The van der Waals surface area contributed by atoms with E-state index in [2.05, 4.69) is 19.1 Å². The number of nitrogens with one attached hydrogen (secondary N) is 1. The zero-order valence-corrected chi connectivity index (χ0v) is 17.5. The average Bonchev–Trinajstić information content (AvgIpc) is 3.21. The van der Waals surface area contributed by atoms with E-state index in [4.69, 9.17) is 4.74 Å². The minimum absolute atomic E-state index is 0.0266. The molecule has 1 fully saturated rings. The van der Waals surface area contributed by atoms with Crippen molar-refractivity contribution in [2.75, 3.05) is 31.0 Å². The molecule has 30 heavy (non-hydrogen) atoms. The summed E-state index contributed by atoms with van der Waals surface area (Å²) in [6.07, 6.45) is 3.38. The highest BCUT2D eigenvalue weighted by Gasteiger charge is 2.21. The van der Waals surface area contributed by atoms with Gasteiger partial charge in [0.15, 0.2) is 5.82 Å². The first-order valence-corrected chi connectivity index (χ1v) is 11.5. The Hall–Kier alpha value is -2.89. The fraction of sp³-hybridized carbons (Fsp3) is 0.263. The second-order valence-corrected chi connectivity index (χ2v) is 8.99. The van der Waals surface area contributed by atoms with E-state index in [0.717, 1.165) is 22.7 Å². The van der Waals surface area contributed by atoms with E-state index in [-0.39, 0.29) is 22.4 Å². The van der Waals surface area contributed by atoms with Crippen LogP contribution in [0.1, 0.15) is 5.82 Å². The van der Waals surface area contributed by atoms with Gasteiger partial charge in [0, 0.05) is 37.0 Å². The number of amides is 1. The molecule has 0 saturated carbocycles. The molecular formula is C19H19N5O4S2. The molecule has 1 aliphatic heterocycles. The van der Waals surface area contributed by atoms with Gasteiger partial charge in [0.2, 0.25) is 11.0 Å². The Bertz CT molecular complexity index is 1110. The first-order valence-electron chi connectivity index (χ1n) is 9.23. The molecule has 0 unspecified atom stereocenters. The summed E-state index contributed by atoms with van der Waals surface area (Å²) in [5, 5.41) is 0.123. The van der Waals surface area contributed by atoms with Crippen LogP contribution in [-0.4, -0.2) is 59.9 Å². The normalized spacial score (nSPS) is 14.5. The second-order valence-electron chi connectivity index (χ2n) is 6.55. The number of benzene rings is 1. The number of rotatable bonds is 6. The van der Waals surface area contributed by atoms with Crippen molar-refractivity contribution < 1.29 is 17.9 Å². The smallest absolute Gasteiger partial charge is 0.263 e. The van der Waals surface area contributed by atoms with Crippen LogP contribution in [0.5, 0.6) is 0 Å². The van der Waals surface area contributed by atoms with Gasteiger partial charge in [0.1, 0.15) is 0 Å². The predicted molar refractivity (Wildman–Crippen MR) is 111 cm³/mol. The van der Waals surface area contributed by atoms with E-state index in [0.29, 0.717) is 32.1 Å². The molecule has 1 N–H and O–H groups in total. The summed E-state index contributed by atoms with van der Waals surface area (Å²) < 4.78 is 37.1. The quantitative estimate of drug-likeness (QED) is 0.615. The lowest BCUT2D eigenvalue weighted by Gasteiger charge is -2.26. The molecule has 0 spiro atoms. The van der Waals surface area contributed by atoms with Crippen LogP contribution in [0.2, 0.25) is 0 Å². The van der Waals surface area contributed by atoms with Gasteiger partial charge in [-0.2, -0.15) is 4.37 Å². The minimum atomic E-state index is -3.81. The van der Waals surface area contributed by atoms with E-state index in [9.17, 15) is 13.2 Å². The molecule has 2 aromatic heterocycles. The Labute approximate surface area is 178 Å². The molecule has 4 rings (SSSR count). The first kappa shape index (κ1) is 20.4. The lowest BCUT2D eigenvalue weighted by molar-refractivity contribution is -0.134. The van der Waals surface area contributed by atoms with Gasteiger partial charge in [-0.05, 0) is 35.4 Å². The van der Waals surface area contributed by atoms with Crippen LogP contribution in [0.3, 0.4) is 0 Å². The maximum atomic E-state index is 12.7. The molecule has 1 aromatic carbocycles. The molecule has 3 aromatic rings. The molecule has 156 valence electrons. The molecule has 1 aliphatic rings. The number of sulfonamides is 1. The zero-order chi connectivity index (χ0) is 21.0. The summed E-state index contributed by atoms with van der Waals surface area (Å²) in [5.74, 6) is 0.194. The average molecular weight is 446 g/mol. The van der Waals surface area contributed by atoms with Crippen LogP contribution in [0.15, 0.2) is 53.7 Å². The topological polar surface area (TPSA) is 114 Å². The number of aromatic nitrogens is 3. The van der Waals surface area contributed by atoms with Crippen molar-refractivity contribution in [2.24, 2.45) is 0 Å². The second kappa shape index (κ2) is 8.86. The van der Waals surface area contributed by atoms with E-state index in [1.807, 2.05) is 12.1 Å². The molecule has 1 saturated heterocycles. The fourth-order valence-electron chi connectivity index (χ4n) is 2.97. The molecule has 0 bridgehead atoms. The number of hydrogen-bond acceptors (Lipinski definition) is 8. The maximum Gasteiger partial charge on any atom is 0.263 e. The summed E-state index contributed by atoms with van der Waals surface area (Å²) in [5.41, 5.74) is 1.83. The number of carbonyl (C=O) groups is 1. The van der Waals surface area contributed by atoms with Gasteiger partial charge in [-0.3, -0.25) is 14.5 Å². The summed E-state index contributed by atoms with van der Waals surface area (Å²) in [7, 11) is -3.81. The standard InChI is InChI=1S/C19H19N5O4S2/c25-18(24-9-11-28-12-10-24)13-17-21-19(29-22-17)23-30(26,27)16-3-1-14(2-4-16)15-5-7-20-8-6-15/h1-8H,9-13H2,(H,21,22,23). The number of morpholine rings is 1. The molecule has 11 heteroatoms. The summed E-state index contributed by atoms with van der Waals surface area (Å²) >= 11 is 0.906. The Morgan fingerprint density at radius 2 is 1.73 bits per heavy atom. The van der Waals surface area contributed by atoms with E-state index < -0.39 is 10.0 Å². The van der Waals surface area contributed by atoms with Gasteiger partial charge in [-0.15, -0.1) is 0 Å². The third-order valence-electron chi connectivity index (χ3n) is 4.54. The van der Waals surface area contributed by atoms with Crippen LogP contribution in [0.4, 0.5) is 5.13 Å². The Kier molecular flexibility index (Phi) is 6.02. The van der Waals surface area contributed by atoms with Crippen LogP contribution in [0, 0.1) is 0 Å². The number of hydrogen-bond donors (Lipinski definition) is 1. The minimum Gasteiger partial charge on any atom is -0.378 e. The van der Waals surface area contributed by atoms with Crippen molar-refractivity contribution in [3.8, 4) is 11.1 Å². The third-order valence-corrected chi connectivity index (χ3v) is 6.69. The van der Waals surface area contributed by atoms with Gasteiger partial charge < -0.3 is 9.64 Å². The number of nitrogens with zero attached hydrogens (tertiary/aromatic N) is 4. The summed E-state index contributed by atoms with van der Waals surface area (Å²) in [6.45, 7) is 2.11. The van der Waals surface area contributed by atoms with Crippen molar-refractivity contribution in [3.63, 3.8) is 0 Å². The van der Waals surface area contributed by atoms with Crippen LogP contribution in [0.25, 0.3) is 11.1 Å². The molecule has 1 amide bonds. The molecule has 9 nitrogen and oxygen atoms in total. The first-order chi connectivity index (χ1) is 14.5. The molecule has 0 radical (unpaired) electrons. The van der Waals surface area contributed by atoms with Crippen molar-refractivity contribution in [1.29, 1.82) is 0 Å². The summed E-state index contributed by atoms with van der Waals surface area (Å²) in [6, 6.07) is 10.2. The van der Waals surface area contributed by atoms with Crippen molar-refractivity contribution >= 4 is 32.6 Å². The van der Waals surface area contributed by atoms with Crippen LogP contribution in [-0.2, 0) is 26.0 Å². The van der Waals surface area contributed by atoms with Crippen LogP contribution < -0.4 is 4.72 Å². The monoisotopic (exact) mass is 445 g/mol. The van der Waals surface area contributed by atoms with Gasteiger partial charge in [-0.1, -0.05) is 12.1 Å². The van der Waals surface area contributed by atoms with E-state index in [1.54, 1.807) is 29.4 Å². The van der Waals surface area contributed by atoms with Crippen molar-refractivity contribution in [1.82, 2.24) is 19.2 Å². The number of pyridine rings is 1. The van der Waals surface area contributed by atoms with Gasteiger partial charge >= 0.3 is 0 Å². The van der Waals surface area contributed by atoms with Gasteiger partial charge in [-0.25, -0.2) is 13.4 Å². The highest BCUT2D eigenvalue weighted by atomic mass is 32.2. The van der Waals surface area contributed by atoms with E-state index >= 15 is 0 Å². The van der Waals surface area contributed by atoms with Crippen molar-refractivity contribution in [2.45, 2.75) is 11.3 Å². The largest absolute Gasteiger partial charge is 0.378 e. The highest BCUT2D eigenvalue weighted by molar-refractivity contribution is 7.93. The van der Waals surface area contributed by atoms with Gasteiger partial charge in [0.05, 0.1) is 24.5 Å². The predicted octanol–water partition coefficient (Wildman–Crippen LogP) is 1.80. The maximum absolute atomic E-state index is 12.7. The molecule has 3 heterocycles. The molecular weight excluding hydrogens is 426 g/mol. The molecule has 0 aliphatic carbocycles. The Morgan fingerprint density at radius 3 is 2.43 bits per heavy atom.